The smallest absolute Gasteiger partial charge is 0.255 e. The van der Waals surface area contributed by atoms with E-state index in [0.717, 1.165) is 6.42 Å². The number of methoxy groups -OCH3 is 1. The predicted octanol–water partition coefficient (Wildman–Crippen LogP) is 2.90. The Bertz CT molecular complexity index is 468. The van der Waals surface area contributed by atoms with E-state index in [1.54, 1.807) is 6.07 Å². The topological polar surface area (TPSA) is 73.6 Å². The van der Waals surface area contributed by atoms with E-state index < -0.39 is 0 Å². The second-order valence-electron chi connectivity index (χ2n) is 4.60. The van der Waals surface area contributed by atoms with Gasteiger partial charge in [-0.3, -0.25) is 4.79 Å². The third-order valence-corrected chi connectivity index (χ3v) is 2.95. The zero-order valence-corrected chi connectivity index (χ0v) is 14.0. The van der Waals surface area contributed by atoms with E-state index in [2.05, 4.69) is 5.32 Å². The number of hydrogen-bond donors (Lipinski definition) is 2. The van der Waals surface area contributed by atoms with Crippen LogP contribution in [0.15, 0.2) is 12.1 Å². The fourth-order valence-corrected chi connectivity index (χ4v) is 1.77. The molecule has 1 amide bonds. The minimum absolute atomic E-state index is 0. The maximum atomic E-state index is 12.1. The Labute approximate surface area is 136 Å². The van der Waals surface area contributed by atoms with Crippen molar-refractivity contribution in [2.75, 3.05) is 26.0 Å². The van der Waals surface area contributed by atoms with Gasteiger partial charge in [-0.25, -0.2) is 0 Å². The summed E-state index contributed by atoms with van der Waals surface area (Å²) in [4.78, 5) is 12.1. The van der Waals surface area contributed by atoms with E-state index in [9.17, 15) is 4.79 Å². The Balaban J connectivity index is 0.00000400. The number of halogens is 2. The van der Waals surface area contributed by atoms with Crippen LogP contribution in [0, 0.1) is 0 Å². The number of hydrogen-bond acceptors (Lipinski definition) is 4. The van der Waals surface area contributed by atoms with Crippen LogP contribution >= 0.6 is 24.0 Å². The van der Waals surface area contributed by atoms with Crippen molar-refractivity contribution < 1.29 is 14.3 Å². The molecule has 0 heterocycles. The highest BCUT2D eigenvalue weighted by molar-refractivity contribution is 6.33. The summed E-state index contributed by atoms with van der Waals surface area (Å²) in [6.45, 7) is 5.08. The highest BCUT2D eigenvalue weighted by atomic mass is 35.5. The molecule has 0 radical (unpaired) electrons. The molecule has 0 saturated carbocycles. The van der Waals surface area contributed by atoms with E-state index in [0.29, 0.717) is 35.2 Å². The van der Waals surface area contributed by atoms with Crippen molar-refractivity contribution in [1.29, 1.82) is 0 Å². The molecule has 0 fully saturated rings. The van der Waals surface area contributed by atoms with Crippen molar-refractivity contribution >= 4 is 35.6 Å². The van der Waals surface area contributed by atoms with Crippen LogP contribution in [0.1, 0.15) is 30.6 Å². The first-order valence-corrected chi connectivity index (χ1v) is 6.86. The second kappa shape index (κ2) is 9.71. The SMILES string of the molecule is COc1cc(N)c(Cl)cc1C(=O)NCCCOC(C)C.Cl. The van der Waals surface area contributed by atoms with Crippen molar-refractivity contribution in [2.24, 2.45) is 0 Å². The van der Waals surface area contributed by atoms with Crippen molar-refractivity contribution in [3.63, 3.8) is 0 Å². The summed E-state index contributed by atoms with van der Waals surface area (Å²) in [6.07, 6.45) is 0.941. The van der Waals surface area contributed by atoms with E-state index in [-0.39, 0.29) is 24.4 Å². The van der Waals surface area contributed by atoms with Crippen molar-refractivity contribution in [1.82, 2.24) is 5.32 Å². The van der Waals surface area contributed by atoms with Crippen LogP contribution in [0.5, 0.6) is 5.75 Å². The zero-order chi connectivity index (χ0) is 15.1. The van der Waals surface area contributed by atoms with Gasteiger partial charge >= 0.3 is 0 Å². The number of nitrogen functional groups attached to an aromatic ring is 1. The molecule has 3 N–H and O–H groups in total. The maximum Gasteiger partial charge on any atom is 0.255 e. The molecule has 1 rings (SSSR count). The van der Waals surface area contributed by atoms with Crippen molar-refractivity contribution in [3.8, 4) is 5.75 Å². The van der Waals surface area contributed by atoms with Crippen LogP contribution in [0.2, 0.25) is 5.02 Å². The van der Waals surface area contributed by atoms with Gasteiger partial charge in [0.1, 0.15) is 5.75 Å². The molecule has 0 bridgehead atoms. The normalized spacial score (nSPS) is 10.1. The van der Waals surface area contributed by atoms with Gasteiger partial charge < -0.3 is 20.5 Å². The third-order valence-electron chi connectivity index (χ3n) is 2.62. The highest BCUT2D eigenvalue weighted by Gasteiger charge is 2.14. The van der Waals surface area contributed by atoms with Gasteiger partial charge in [0.05, 0.1) is 29.5 Å². The quantitative estimate of drug-likeness (QED) is 0.593. The Kier molecular flexibility index (Phi) is 9.17. The molecule has 0 aliphatic heterocycles. The fraction of sp³-hybridized carbons (Fsp3) is 0.500. The Morgan fingerprint density at radius 2 is 2.10 bits per heavy atom. The third kappa shape index (κ3) is 6.42. The Morgan fingerprint density at radius 3 is 2.67 bits per heavy atom. The zero-order valence-electron chi connectivity index (χ0n) is 12.4. The summed E-state index contributed by atoms with van der Waals surface area (Å²) < 4.78 is 10.5. The van der Waals surface area contributed by atoms with Crippen LogP contribution in [0.4, 0.5) is 5.69 Å². The minimum Gasteiger partial charge on any atom is -0.496 e. The van der Waals surface area contributed by atoms with Gasteiger partial charge in [0.25, 0.3) is 5.91 Å². The molecule has 1 aromatic carbocycles. The standard InChI is InChI=1S/C14H21ClN2O3.ClH/c1-9(2)20-6-4-5-17-14(18)10-7-11(15)12(16)8-13(10)19-3;/h7-9H,4-6,16H2,1-3H3,(H,17,18);1H. The van der Waals surface area contributed by atoms with Crippen LogP contribution in [-0.2, 0) is 4.74 Å². The van der Waals surface area contributed by atoms with E-state index in [1.165, 1.54) is 13.2 Å². The van der Waals surface area contributed by atoms with Crippen LogP contribution in [0.3, 0.4) is 0 Å². The molecule has 0 atom stereocenters. The summed E-state index contributed by atoms with van der Waals surface area (Å²) in [6, 6.07) is 3.05. The largest absolute Gasteiger partial charge is 0.496 e. The van der Waals surface area contributed by atoms with Crippen molar-refractivity contribution in [3.05, 3.63) is 22.7 Å². The molecular weight excluding hydrogens is 315 g/mol. The molecule has 7 heteroatoms. The molecule has 0 spiro atoms. The fourth-order valence-electron chi connectivity index (χ4n) is 1.60. The van der Waals surface area contributed by atoms with Crippen LogP contribution < -0.4 is 15.8 Å². The lowest BCUT2D eigenvalue weighted by Crippen LogP contribution is -2.26. The minimum atomic E-state index is -0.242. The van der Waals surface area contributed by atoms with Gasteiger partial charge in [-0.1, -0.05) is 11.6 Å². The van der Waals surface area contributed by atoms with Gasteiger partial charge in [-0.05, 0) is 26.3 Å². The van der Waals surface area contributed by atoms with Gasteiger partial charge in [0.2, 0.25) is 0 Å². The number of nitrogens with two attached hydrogens (primary N) is 1. The molecule has 0 saturated heterocycles. The highest BCUT2D eigenvalue weighted by Crippen LogP contribution is 2.28. The van der Waals surface area contributed by atoms with E-state index in [4.69, 9.17) is 26.8 Å². The number of carbonyl (C=O) groups is 1. The van der Waals surface area contributed by atoms with Crippen LogP contribution in [0.25, 0.3) is 0 Å². The summed E-state index contributed by atoms with van der Waals surface area (Å²) in [5, 5.41) is 3.13. The number of amides is 1. The molecule has 5 nitrogen and oxygen atoms in total. The van der Waals surface area contributed by atoms with Crippen LogP contribution in [-0.4, -0.2) is 32.3 Å². The second-order valence-corrected chi connectivity index (χ2v) is 5.01. The summed E-state index contributed by atoms with van der Waals surface area (Å²) >= 11 is 5.92. The van der Waals surface area contributed by atoms with Gasteiger partial charge in [-0.15, -0.1) is 12.4 Å². The number of anilines is 1. The van der Waals surface area contributed by atoms with Gasteiger partial charge in [0, 0.05) is 19.2 Å². The molecule has 0 aliphatic rings. The lowest BCUT2D eigenvalue weighted by Gasteiger charge is -2.12. The molecule has 0 aromatic heterocycles. The number of rotatable bonds is 7. The molecule has 21 heavy (non-hydrogen) atoms. The van der Waals surface area contributed by atoms with Gasteiger partial charge in [-0.2, -0.15) is 0 Å². The maximum absolute atomic E-state index is 12.1. The number of carbonyl (C=O) groups excluding carboxylic acids is 1. The molecule has 0 unspecified atom stereocenters. The van der Waals surface area contributed by atoms with E-state index in [1.807, 2.05) is 13.8 Å². The first-order valence-electron chi connectivity index (χ1n) is 6.48. The van der Waals surface area contributed by atoms with Crippen molar-refractivity contribution in [2.45, 2.75) is 26.4 Å². The molecule has 120 valence electrons. The summed E-state index contributed by atoms with van der Waals surface area (Å²) in [5.74, 6) is 0.163. The monoisotopic (exact) mass is 336 g/mol. The molecular formula is C14H22Cl2N2O3. The summed E-state index contributed by atoms with van der Waals surface area (Å²) in [5.41, 5.74) is 6.42. The van der Waals surface area contributed by atoms with E-state index >= 15 is 0 Å². The first-order chi connectivity index (χ1) is 9.45. The Hall–Kier alpha value is -1.17. The number of ether oxygens (including phenoxy) is 2. The summed E-state index contributed by atoms with van der Waals surface area (Å²) in [7, 11) is 1.48. The molecule has 0 aliphatic carbocycles. The Morgan fingerprint density at radius 1 is 1.43 bits per heavy atom. The lowest BCUT2D eigenvalue weighted by atomic mass is 10.1. The lowest BCUT2D eigenvalue weighted by molar-refractivity contribution is 0.0757. The number of benzene rings is 1. The average Bonchev–Trinajstić information content (AvgIpc) is 2.40. The number of nitrogens with one attached hydrogen (secondary N) is 1. The molecule has 1 aromatic rings. The first kappa shape index (κ1) is 19.8. The average molecular weight is 337 g/mol. The van der Waals surface area contributed by atoms with Gasteiger partial charge in [0.15, 0.2) is 0 Å². The predicted molar refractivity (Wildman–Crippen MR) is 87.7 cm³/mol.